The number of hydrogen-bond donors (Lipinski definition) is 2. The Morgan fingerprint density at radius 3 is 1.95 bits per heavy atom. The summed E-state index contributed by atoms with van der Waals surface area (Å²) >= 11 is 0. The quantitative estimate of drug-likeness (QED) is 0.746. The summed E-state index contributed by atoms with van der Waals surface area (Å²) in [5, 5.41) is 19.3. The zero-order valence-electron chi connectivity index (χ0n) is 13.8. The average molecular weight is 301 g/mol. The van der Waals surface area contributed by atoms with Crippen molar-refractivity contribution in [3.63, 3.8) is 0 Å². The molecular weight excluding hydrogens is 270 g/mol. The highest BCUT2D eigenvalue weighted by Crippen LogP contribution is 2.21. The summed E-state index contributed by atoms with van der Waals surface area (Å²) in [6.45, 7) is 9.87. The summed E-state index contributed by atoms with van der Waals surface area (Å²) in [4.78, 5) is 14.1. The lowest BCUT2D eigenvalue weighted by atomic mass is 9.92. The normalized spacial score (nSPS) is 26.4. The smallest absolute Gasteiger partial charge is 0.248 e. The molecule has 0 spiro atoms. The molecule has 0 aromatic rings. The first-order valence-corrected chi connectivity index (χ1v) is 8.03. The summed E-state index contributed by atoms with van der Waals surface area (Å²) in [6, 6.07) is 0. The molecule has 1 saturated carbocycles. The second kappa shape index (κ2) is 8.71. The molecule has 1 unspecified atom stereocenters. The number of carbonyl (C=O) groups excluding carboxylic acids is 1. The Hall–Kier alpha value is -0.650. The number of rotatable bonds is 7. The third kappa shape index (κ3) is 7.25. The molecular formula is C16H31NO4. The minimum absolute atomic E-state index is 0.00745. The summed E-state index contributed by atoms with van der Waals surface area (Å²) in [7, 11) is 0. The first-order chi connectivity index (χ1) is 9.77. The number of hydrogen-bond acceptors (Lipinski definition) is 4. The highest BCUT2D eigenvalue weighted by Gasteiger charge is 2.28. The highest BCUT2D eigenvalue weighted by atomic mass is 16.5. The van der Waals surface area contributed by atoms with Crippen LogP contribution < -0.4 is 0 Å². The molecule has 0 bridgehead atoms. The molecule has 1 aliphatic rings. The number of ether oxygens (including phenoxy) is 1. The number of amides is 1. The van der Waals surface area contributed by atoms with Crippen LogP contribution in [0.5, 0.6) is 0 Å². The number of aliphatic hydroxyl groups excluding tert-OH is 2. The fourth-order valence-corrected chi connectivity index (χ4v) is 2.79. The molecule has 0 saturated heterocycles. The number of aliphatic hydroxyl groups is 2. The van der Waals surface area contributed by atoms with Crippen LogP contribution in [-0.2, 0) is 9.53 Å². The molecule has 0 aromatic heterocycles. The van der Waals surface area contributed by atoms with E-state index < -0.39 is 12.2 Å². The number of nitrogens with zero attached hydrogens (tertiary/aromatic N) is 1. The Bertz CT molecular complexity index is 299. The van der Waals surface area contributed by atoms with Crippen LogP contribution in [0.3, 0.4) is 0 Å². The maximum Gasteiger partial charge on any atom is 0.248 e. The first-order valence-electron chi connectivity index (χ1n) is 8.03. The van der Waals surface area contributed by atoms with E-state index in [0.29, 0.717) is 31.1 Å². The molecule has 0 aliphatic heterocycles. The van der Waals surface area contributed by atoms with Gasteiger partial charge in [0, 0.05) is 13.1 Å². The lowest BCUT2D eigenvalue weighted by molar-refractivity contribution is -0.142. The van der Waals surface area contributed by atoms with Crippen molar-refractivity contribution < 1.29 is 19.7 Å². The summed E-state index contributed by atoms with van der Waals surface area (Å²) in [5.74, 6) is 0.837. The van der Waals surface area contributed by atoms with Crippen molar-refractivity contribution in [1.82, 2.24) is 4.90 Å². The van der Waals surface area contributed by atoms with E-state index >= 15 is 0 Å². The van der Waals surface area contributed by atoms with Gasteiger partial charge in [-0.2, -0.15) is 0 Å². The van der Waals surface area contributed by atoms with E-state index in [-0.39, 0.29) is 18.6 Å². The van der Waals surface area contributed by atoms with E-state index in [1.54, 1.807) is 0 Å². The average Bonchev–Trinajstić information content (AvgIpc) is 2.32. The minimum atomic E-state index is -0.531. The minimum Gasteiger partial charge on any atom is -0.393 e. The molecule has 5 heteroatoms. The van der Waals surface area contributed by atoms with Crippen molar-refractivity contribution >= 4 is 5.91 Å². The molecule has 1 aliphatic carbocycles. The molecule has 124 valence electrons. The van der Waals surface area contributed by atoms with Crippen LogP contribution in [0, 0.1) is 11.8 Å². The Labute approximate surface area is 128 Å². The van der Waals surface area contributed by atoms with E-state index in [4.69, 9.17) is 4.74 Å². The van der Waals surface area contributed by atoms with Gasteiger partial charge < -0.3 is 19.8 Å². The van der Waals surface area contributed by atoms with Gasteiger partial charge in [0.25, 0.3) is 0 Å². The van der Waals surface area contributed by atoms with Crippen LogP contribution in [0.15, 0.2) is 0 Å². The van der Waals surface area contributed by atoms with Gasteiger partial charge in [0.2, 0.25) is 5.91 Å². The van der Waals surface area contributed by atoms with Gasteiger partial charge in [-0.3, -0.25) is 4.79 Å². The summed E-state index contributed by atoms with van der Waals surface area (Å²) in [6.07, 6.45) is 0.109. The van der Waals surface area contributed by atoms with E-state index in [0.717, 1.165) is 13.1 Å². The second-order valence-corrected chi connectivity index (χ2v) is 7.03. The van der Waals surface area contributed by atoms with Gasteiger partial charge in [0.15, 0.2) is 0 Å². The fraction of sp³-hybridized carbons (Fsp3) is 0.938. The zero-order valence-corrected chi connectivity index (χ0v) is 13.8. The summed E-state index contributed by atoms with van der Waals surface area (Å²) in [5.41, 5.74) is 0. The van der Waals surface area contributed by atoms with Crippen molar-refractivity contribution in [1.29, 1.82) is 0 Å². The third-order valence-corrected chi connectivity index (χ3v) is 3.58. The van der Waals surface area contributed by atoms with Crippen LogP contribution >= 0.6 is 0 Å². The van der Waals surface area contributed by atoms with Crippen LogP contribution in [0.4, 0.5) is 0 Å². The lowest BCUT2D eigenvalue weighted by Gasteiger charge is -2.31. The second-order valence-electron chi connectivity index (χ2n) is 7.03. The Morgan fingerprint density at radius 2 is 1.52 bits per heavy atom. The van der Waals surface area contributed by atoms with E-state index in [2.05, 4.69) is 27.7 Å². The van der Waals surface area contributed by atoms with E-state index in [9.17, 15) is 15.0 Å². The molecule has 21 heavy (non-hydrogen) atoms. The standard InChI is InChI=1S/C16H31NO4/c1-11(2)8-17(9-12(3)4)16(20)10-21-15-6-13(18)5-14(19)7-15/h11-15,18-19H,5-10H2,1-4H3/t13-,14+,15?. The highest BCUT2D eigenvalue weighted by molar-refractivity contribution is 5.77. The van der Waals surface area contributed by atoms with Crippen molar-refractivity contribution in [3.05, 3.63) is 0 Å². The Morgan fingerprint density at radius 1 is 1.05 bits per heavy atom. The van der Waals surface area contributed by atoms with Crippen molar-refractivity contribution in [2.45, 2.75) is 65.3 Å². The van der Waals surface area contributed by atoms with Gasteiger partial charge in [0.1, 0.15) is 6.61 Å². The van der Waals surface area contributed by atoms with Crippen LogP contribution in [0.1, 0.15) is 47.0 Å². The molecule has 1 fully saturated rings. The van der Waals surface area contributed by atoms with Crippen molar-refractivity contribution in [3.8, 4) is 0 Å². The molecule has 5 nitrogen and oxygen atoms in total. The number of carbonyl (C=O) groups is 1. The molecule has 3 atom stereocenters. The predicted molar refractivity (Wildman–Crippen MR) is 81.9 cm³/mol. The van der Waals surface area contributed by atoms with Gasteiger partial charge in [-0.15, -0.1) is 0 Å². The molecule has 0 radical (unpaired) electrons. The van der Waals surface area contributed by atoms with Gasteiger partial charge in [0.05, 0.1) is 18.3 Å². The van der Waals surface area contributed by atoms with Gasteiger partial charge in [-0.05, 0) is 31.1 Å². The Kier molecular flexibility index (Phi) is 7.63. The molecule has 0 aromatic carbocycles. The van der Waals surface area contributed by atoms with Crippen molar-refractivity contribution in [2.75, 3.05) is 19.7 Å². The first kappa shape index (κ1) is 18.4. The lowest BCUT2D eigenvalue weighted by Crippen LogP contribution is -2.41. The SMILES string of the molecule is CC(C)CN(CC(C)C)C(=O)COC1C[C@@H](O)C[C@@H](O)C1. The fourth-order valence-electron chi connectivity index (χ4n) is 2.79. The van der Waals surface area contributed by atoms with Gasteiger partial charge in [-0.25, -0.2) is 0 Å². The predicted octanol–water partition coefficient (Wildman–Crippen LogP) is 1.42. The summed E-state index contributed by atoms with van der Waals surface area (Å²) < 4.78 is 5.62. The monoisotopic (exact) mass is 301 g/mol. The van der Waals surface area contributed by atoms with Crippen LogP contribution in [0.25, 0.3) is 0 Å². The van der Waals surface area contributed by atoms with Gasteiger partial charge >= 0.3 is 0 Å². The van der Waals surface area contributed by atoms with Crippen LogP contribution in [0.2, 0.25) is 0 Å². The van der Waals surface area contributed by atoms with Gasteiger partial charge in [-0.1, -0.05) is 27.7 Å². The largest absolute Gasteiger partial charge is 0.393 e. The van der Waals surface area contributed by atoms with E-state index in [1.165, 1.54) is 0 Å². The zero-order chi connectivity index (χ0) is 16.0. The maximum absolute atomic E-state index is 12.3. The molecule has 1 rings (SSSR count). The molecule has 0 heterocycles. The maximum atomic E-state index is 12.3. The third-order valence-electron chi connectivity index (χ3n) is 3.58. The van der Waals surface area contributed by atoms with Crippen molar-refractivity contribution in [2.24, 2.45) is 11.8 Å². The van der Waals surface area contributed by atoms with Crippen LogP contribution in [-0.4, -0.2) is 59.0 Å². The van der Waals surface area contributed by atoms with E-state index in [1.807, 2.05) is 4.90 Å². The molecule has 2 N–H and O–H groups in total. The topological polar surface area (TPSA) is 70.0 Å². The molecule has 1 amide bonds. The Balaban J connectivity index is 2.45.